The van der Waals surface area contributed by atoms with Crippen molar-refractivity contribution < 1.29 is 9.53 Å². The number of aliphatic imine (C=N–C) groups is 1. The number of halogens is 1. The van der Waals surface area contributed by atoms with E-state index in [1.165, 1.54) is 0 Å². The van der Waals surface area contributed by atoms with Crippen LogP contribution >= 0.6 is 11.6 Å². The molecule has 1 aromatic heterocycles. The molecule has 3 heterocycles. The minimum absolute atomic E-state index is 0.0355. The molecule has 2 fully saturated rings. The van der Waals surface area contributed by atoms with Crippen molar-refractivity contribution in [1.29, 1.82) is 0 Å². The number of hydrogen-bond donors (Lipinski definition) is 0. The van der Waals surface area contributed by atoms with Gasteiger partial charge in [0, 0.05) is 52.4 Å². The number of amides is 1. The molecule has 0 bridgehead atoms. The van der Waals surface area contributed by atoms with Gasteiger partial charge in [0.25, 0.3) is 0 Å². The highest BCUT2D eigenvalue weighted by Crippen LogP contribution is 2.38. The van der Waals surface area contributed by atoms with E-state index in [1.807, 2.05) is 27.2 Å². The first kappa shape index (κ1) is 31.2. The topological polar surface area (TPSA) is 67.8 Å². The van der Waals surface area contributed by atoms with E-state index in [-0.39, 0.29) is 12.1 Å². The van der Waals surface area contributed by atoms with E-state index in [2.05, 4.69) is 65.6 Å². The minimum Gasteiger partial charge on any atom is -0.373 e. The Labute approximate surface area is 250 Å². The van der Waals surface area contributed by atoms with Gasteiger partial charge in [-0.15, -0.1) is 0 Å². The van der Waals surface area contributed by atoms with E-state index in [0.29, 0.717) is 36.4 Å². The maximum Gasteiger partial charge on any atom is 0.219 e. The average Bonchev–Trinajstić information content (AvgIpc) is 2.95. The van der Waals surface area contributed by atoms with Crippen LogP contribution in [0.5, 0.6) is 0 Å². The number of likely N-dealkylation sites (N-methyl/N-ethyl adjacent to an activating group) is 2. The van der Waals surface area contributed by atoms with E-state index in [0.717, 1.165) is 73.6 Å². The Balaban J connectivity index is 1.89. The summed E-state index contributed by atoms with van der Waals surface area (Å²) in [6, 6.07) is 8.44. The highest BCUT2D eigenvalue weighted by molar-refractivity contribution is 6.33. The Hall–Kier alpha value is -2.72. The molecular formula is C31H46ClN7O2. The van der Waals surface area contributed by atoms with E-state index in [1.54, 1.807) is 4.90 Å². The number of amidine groups is 1. The summed E-state index contributed by atoms with van der Waals surface area (Å²) in [5, 5.41) is 0.544. The molecule has 1 amide bonds. The quantitative estimate of drug-likeness (QED) is 0.252. The maximum absolute atomic E-state index is 13.1. The fourth-order valence-electron chi connectivity index (χ4n) is 6.06. The molecule has 0 radical (unpaired) electrons. The van der Waals surface area contributed by atoms with Gasteiger partial charge in [-0.2, -0.15) is 0 Å². The molecule has 2 saturated heterocycles. The van der Waals surface area contributed by atoms with Crippen LogP contribution in [0.4, 0.5) is 17.3 Å². The first-order chi connectivity index (χ1) is 19.7. The predicted molar refractivity (Wildman–Crippen MR) is 169 cm³/mol. The third-order valence-electron chi connectivity index (χ3n) is 8.04. The number of anilines is 3. The molecule has 4 rings (SSSR count). The number of ether oxygens (including phenoxy) is 1. The molecule has 0 saturated carbocycles. The number of morpholine rings is 1. The smallest absolute Gasteiger partial charge is 0.219 e. The molecule has 224 valence electrons. The van der Waals surface area contributed by atoms with Gasteiger partial charge in [0.2, 0.25) is 6.41 Å². The Bertz CT molecular complexity index is 1210. The molecule has 2 aliphatic heterocycles. The molecule has 1 aromatic carbocycles. The van der Waals surface area contributed by atoms with Gasteiger partial charge in [-0.3, -0.25) is 14.7 Å². The molecule has 0 spiro atoms. The lowest BCUT2D eigenvalue weighted by Gasteiger charge is -2.41. The van der Waals surface area contributed by atoms with Crippen LogP contribution in [-0.2, 0) is 22.4 Å². The third kappa shape index (κ3) is 6.85. The summed E-state index contributed by atoms with van der Waals surface area (Å²) in [6.45, 7) is 11.8. The second-order valence-electron chi connectivity index (χ2n) is 11.3. The first-order valence-corrected chi connectivity index (χ1v) is 15.1. The third-order valence-corrected chi connectivity index (χ3v) is 8.32. The lowest BCUT2D eigenvalue weighted by molar-refractivity contribution is -0.106. The number of nitrogens with zero attached hydrogens (tertiary/aromatic N) is 7. The van der Waals surface area contributed by atoms with Gasteiger partial charge < -0.3 is 24.3 Å². The largest absolute Gasteiger partial charge is 0.373 e. The number of pyridine rings is 1. The van der Waals surface area contributed by atoms with Crippen molar-refractivity contribution in [3.63, 3.8) is 0 Å². The molecule has 2 unspecified atom stereocenters. The van der Waals surface area contributed by atoms with Crippen molar-refractivity contribution in [3.8, 4) is 0 Å². The number of aryl methyl sites for hydroxylation is 2. The number of aromatic nitrogens is 1. The molecule has 2 aromatic rings. The maximum atomic E-state index is 13.1. The van der Waals surface area contributed by atoms with Gasteiger partial charge in [0.05, 0.1) is 29.0 Å². The second-order valence-corrected chi connectivity index (χ2v) is 11.7. The van der Waals surface area contributed by atoms with Crippen LogP contribution in [0.15, 0.2) is 29.3 Å². The highest BCUT2D eigenvalue weighted by atomic mass is 35.5. The lowest BCUT2D eigenvalue weighted by atomic mass is 10.0. The Morgan fingerprint density at radius 3 is 2.46 bits per heavy atom. The van der Waals surface area contributed by atoms with E-state index >= 15 is 0 Å². The van der Waals surface area contributed by atoms with E-state index in [4.69, 9.17) is 26.3 Å². The zero-order valence-electron chi connectivity index (χ0n) is 25.7. The zero-order chi connectivity index (χ0) is 29.7. The number of carbonyl (C=O) groups is 1. The monoisotopic (exact) mass is 583 g/mol. The standard InChI is InChI=1S/C31H46ClN7O2/c1-8-23-11-10-12-24(9-2)28(23)39(21-40)30-26(29(33-4)38-14-13-36(7)18-22(38)3)17-27(32)31(34-30)37-15-16-41-25(20-37)19-35(5)6/h10-12,17,21-22,25H,8-9,13-16,18-20H2,1-7H3. The van der Waals surface area contributed by atoms with Crippen molar-refractivity contribution in [3.05, 3.63) is 46.0 Å². The predicted octanol–water partition coefficient (Wildman–Crippen LogP) is 3.93. The van der Waals surface area contributed by atoms with Crippen LogP contribution in [0.25, 0.3) is 0 Å². The van der Waals surface area contributed by atoms with Crippen molar-refractivity contribution >= 4 is 41.2 Å². The van der Waals surface area contributed by atoms with Gasteiger partial charge in [-0.05, 0) is 58.1 Å². The fraction of sp³-hybridized carbons (Fsp3) is 0.581. The van der Waals surface area contributed by atoms with Crippen molar-refractivity contribution in [2.24, 2.45) is 4.99 Å². The van der Waals surface area contributed by atoms with Gasteiger partial charge in [-0.1, -0.05) is 43.6 Å². The number of benzene rings is 1. The summed E-state index contributed by atoms with van der Waals surface area (Å²) in [7, 11) is 8.04. The number of rotatable bonds is 9. The van der Waals surface area contributed by atoms with Crippen LogP contribution < -0.4 is 9.80 Å². The molecule has 0 N–H and O–H groups in total. The Morgan fingerprint density at radius 1 is 1.17 bits per heavy atom. The van der Waals surface area contributed by atoms with Crippen LogP contribution in [0.2, 0.25) is 5.02 Å². The summed E-state index contributed by atoms with van der Waals surface area (Å²) in [5.41, 5.74) is 3.85. The van der Waals surface area contributed by atoms with Gasteiger partial charge in [-0.25, -0.2) is 4.98 Å². The van der Waals surface area contributed by atoms with E-state index < -0.39 is 0 Å². The van der Waals surface area contributed by atoms with Crippen LogP contribution in [-0.4, -0.2) is 118 Å². The summed E-state index contributed by atoms with van der Waals surface area (Å²) >= 11 is 7.05. The van der Waals surface area contributed by atoms with Gasteiger partial charge in [0.15, 0.2) is 5.82 Å². The second kappa shape index (κ2) is 14.0. The number of para-hydroxylation sites is 1. The molecule has 2 aliphatic rings. The molecule has 9 nitrogen and oxygen atoms in total. The average molecular weight is 584 g/mol. The summed E-state index contributed by atoms with van der Waals surface area (Å²) in [5.74, 6) is 2.02. The first-order valence-electron chi connectivity index (χ1n) is 14.7. The zero-order valence-corrected chi connectivity index (χ0v) is 26.5. The summed E-state index contributed by atoms with van der Waals surface area (Å²) in [6.07, 6.45) is 2.52. The molecule has 41 heavy (non-hydrogen) atoms. The van der Waals surface area contributed by atoms with E-state index in [9.17, 15) is 4.79 Å². The van der Waals surface area contributed by atoms with Crippen molar-refractivity contribution in [2.45, 2.75) is 45.8 Å². The minimum atomic E-state index is 0.0355. The molecular weight excluding hydrogens is 538 g/mol. The number of carbonyl (C=O) groups excluding carboxylic acids is 1. The van der Waals surface area contributed by atoms with Gasteiger partial charge >= 0.3 is 0 Å². The molecule has 0 aliphatic carbocycles. The van der Waals surface area contributed by atoms with Gasteiger partial charge in [0.1, 0.15) is 11.7 Å². The lowest BCUT2D eigenvalue weighted by Crippen LogP contribution is -2.53. The van der Waals surface area contributed by atoms with Crippen molar-refractivity contribution in [1.82, 2.24) is 19.7 Å². The Morgan fingerprint density at radius 2 is 1.88 bits per heavy atom. The highest BCUT2D eigenvalue weighted by Gasteiger charge is 2.32. The Kier molecular flexibility index (Phi) is 10.6. The van der Waals surface area contributed by atoms with Crippen LogP contribution in [0, 0.1) is 0 Å². The summed E-state index contributed by atoms with van der Waals surface area (Å²) in [4.78, 5) is 33.8. The number of hydrogen-bond acceptors (Lipinski definition) is 7. The summed E-state index contributed by atoms with van der Waals surface area (Å²) < 4.78 is 6.04. The van der Waals surface area contributed by atoms with Crippen LogP contribution in [0.1, 0.15) is 37.5 Å². The molecule has 2 atom stereocenters. The number of piperazine rings is 1. The van der Waals surface area contributed by atoms with Crippen molar-refractivity contribution in [2.75, 3.05) is 83.9 Å². The SMILES string of the molecule is CCc1cccc(CC)c1N(C=O)c1nc(N2CCOC(CN(C)C)C2)c(Cl)cc1C(=NC)N1CCN(C)CC1C. The molecule has 10 heteroatoms. The normalized spacial score (nSPS) is 20.6. The fourth-order valence-corrected chi connectivity index (χ4v) is 6.33. The van der Waals surface area contributed by atoms with Crippen LogP contribution in [0.3, 0.4) is 0 Å².